The zero-order valence-electron chi connectivity index (χ0n) is 14.3. The van der Waals surface area contributed by atoms with Crippen LogP contribution in [0.15, 0.2) is 22.4 Å². The Morgan fingerprint density at radius 2 is 1.86 bits per heavy atom. The maximum absolute atomic E-state index is 11.6. The maximum Gasteiger partial charge on any atom is 0.305 e. The van der Waals surface area contributed by atoms with Crippen molar-refractivity contribution in [1.29, 1.82) is 5.26 Å². The Kier molecular flexibility index (Phi) is 8.58. The van der Waals surface area contributed by atoms with Crippen molar-refractivity contribution >= 4 is 5.97 Å². The Morgan fingerprint density at radius 1 is 1.23 bits per heavy atom. The minimum absolute atomic E-state index is 0.119. The van der Waals surface area contributed by atoms with Crippen molar-refractivity contribution in [2.75, 3.05) is 19.8 Å². The molecule has 0 saturated heterocycles. The molecular formula is C16H27N3O3. The van der Waals surface area contributed by atoms with E-state index in [4.69, 9.17) is 9.47 Å². The van der Waals surface area contributed by atoms with Gasteiger partial charge in [0, 0.05) is 6.42 Å². The monoisotopic (exact) mass is 309 g/mol. The smallest absolute Gasteiger partial charge is 0.305 e. The molecule has 0 saturated carbocycles. The molecule has 124 valence electrons. The summed E-state index contributed by atoms with van der Waals surface area (Å²) >= 11 is 0. The molecule has 1 unspecified atom stereocenters. The first-order valence-corrected chi connectivity index (χ1v) is 7.31. The lowest BCUT2D eigenvalue weighted by atomic mass is 9.99. The molecule has 6 nitrogen and oxygen atoms in total. The van der Waals surface area contributed by atoms with Crippen molar-refractivity contribution in [3.63, 3.8) is 0 Å². The third-order valence-corrected chi connectivity index (χ3v) is 2.47. The second-order valence-corrected chi connectivity index (χ2v) is 6.49. The van der Waals surface area contributed by atoms with E-state index in [2.05, 4.69) is 22.9 Å². The Morgan fingerprint density at radius 3 is 2.36 bits per heavy atom. The third-order valence-electron chi connectivity index (χ3n) is 2.47. The Hall–Kier alpha value is -1.74. The van der Waals surface area contributed by atoms with Crippen LogP contribution in [-0.4, -0.2) is 36.9 Å². The first-order valence-electron chi connectivity index (χ1n) is 7.31. The highest BCUT2D eigenvalue weighted by Crippen LogP contribution is 2.20. The number of carbonyl (C=O) groups excluding carboxylic acids is 1. The summed E-state index contributed by atoms with van der Waals surface area (Å²) in [5, 5.41) is 17.4. The number of nitrogens with zero attached hydrogens (tertiary/aromatic N) is 3. The van der Waals surface area contributed by atoms with Crippen LogP contribution in [-0.2, 0) is 14.3 Å². The van der Waals surface area contributed by atoms with Gasteiger partial charge in [0.25, 0.3) is 0 Å². The van der Waals surface area contributed by atoms with E-state index >= 15 is 0 Å². The van der Waals surface area contributed by atoms with Crippen LogP contribution in [0.5, 0.6) is 0 Å². The summed E-state index contributed by atoms with van der Waals surface area (Å²) < 4.78 is 10.3. The molecule has 0 bridgehead atoms. The summed E-state index contributed by atoms with van der Waals surface area (Å²) in [6.45, 7) is 13.9. The van der Waals surface area contributed by atoms with Gasteiger partial charge in [-0.3, -0.25) is 4.79 Å². The highest BCUT2D eigenvalue weighted by atomic mass is 16.6. The van der Waals surface area contributed by atoms with E-state index in [1.807, 2.05) is 27.7 Å². The van der Waals surface area contributed by atoms with Crippen LogP contribution in [0, 0.1) is 11.3 Å². The summed E-state index contributed by atoms with van der Waals surface area (Å²) in [6.07, 6.45) is 0.391. The number of carbonyl (C=O) groups is 1. The molecule has 0 aromatic rings. The number of hydrogen-bond donors (Lipinski definition) is 0. The average Bonchev–Trinajstić information content (AvgIpc) is 2.41. The van der Waals surface area contributed by atoms with Crippen molar-refractivity contribution in [3.05, 3.63) is 12.2 Å². The van der Waals surface area contributed by atoms with E-state index in [1.165, 1.54) is 0 Å². The molecule has 0 aliphatic carbocycles. The van der Waals surface area contributed by atoms with E-state index in [0.29, 0.717) is 13.2 Å². The predicted molar refractivity (Wildman–Crippen MR) is 84.5 cm³/mol. The third kappa shape index (κ3) is 11.0. The van der Waals surface area contributed by atoms with Crippen molar-refractivity contribution in [3.8, 4) is 6.07 Å². The summed E-state index contributed by atoms with van der Waals surface area (Å²) in [6, 6.07) is 2.09. The molecule has 22 heavy (non-hydrogen) atoms. The number of azo groups is 1. The van der Waals surface area contributed by atoms with Crippen LogP contribution in [0.2, 0.25) is 0 Å². The molecule has 6 heteroatoms. The standard InChI is InChI=1S/C16H27N3O3/c1-13(2)11-21-9-10-22-14(20)7-8-16(6,12-17)19-18-15(3,4)5/h1,7-11H2,2-6H3. The normalized spacial score (nSPS) is 14.4. The first kappa shape index (κ1) is 20.3. The number of hydrogen-bond acceptors (Lipinski definition) is 6. The van der Waals surface area contributed by atoms with E-state index in [1.54, 1.807) is 6.92 Å². The Bertz CT molecular complexity index is 447. The highest BCUT2D eigenvalue weighted by molar-refractivity contribution is 5.69. The van der Waals surface area contributed by atoms with Gasteiger partial charge in [-0.05, 0) is 41.0 Å². The summed E-state index contributed by atoms with van der Waals surface area (Å²) in [5.74, 6) is -0.369. The van der Waals surface area contributed by atoms with Crippen molar-refractivity contribution in [1.82, 2.24) is 0 Å². The molecule has 1 atom stereocenters. The second-order valence-electron chi connectivity index (χ2n) is 6.49. The number of ether oxygens (including phenoxy) is 2. The molecule has 0 rings (SSSR count). The second kappa shape index (κ2) is 9.31. The summed E-state index contributed by atoms with van der Waals surface area (Å²) in [4.78, 5) is 11.6. The van der Waals surface area contributed by atoms with Gasteiger partial charge in [0.05, 0.1) is 24.8 Å². The predicted octanol–water partition coefficient (Wildman–Crippen LogP) is 3.44. The molecule has 0 aliphatic rings. The minimum Gasteiger partial charge on any atom is -0.463 e. The SMILES string of the molecule is C=C(C)COCCOC(=O)CCC(C)(C#N)N=NC(C)(C)C. The maximum atomic E-state index is 11.6. The molecular weight excluding hydrogens is 282 g/mol. The molecule has 0 amide bonds. The van der Waals surface area contributed by atoms with E-state index < -0.39 is 5.54 Å². The van der Waals surface area contributed by atoms with Crippen LogP contribution < -0.4 is 0 Å². The molecule has 0 aromatic carbocycles. The first-order chi connectivity index (χ1) is 10.1. The molecule has 0 aromatic heterocycles. The van der Waals surface area contributed by atoms with Crippen molar-refractivity contribution in [2.45, 2.75) is 58.5 Å². The van der Waals surface area contributed by atoms with Crippen LogP contribution in [0.4, 0.5) is 0 Å². The minimum atomic E-state index is -1.01. The van der Waals surface area contributed by atoms with Gasteiger partial charge in [0.2, 0.25) is 0 Å². The molecule has 0 N–H and O–H groups in total. The fourth-order valence-electron chi connectivity index (χ4n) is 1.27. The number of rotatable bonds is 9. The fourth-order valence-corrected chi connectivity index (χ4v) is 1.27. The van der Waals surface area contributed by atoms with Gasteiger partial charge in [-0.15, -0.1) is 0 Å². The van der Waals surface area contributed by atoms with Gasteiger partial charge in [0.1, 0.15) is 6.61 Å². The largest absolute Gasteiger partial charge is 0.463 e. The average molecular weight is 309 g/mol. The zero-order valence-corrected chi connectivity index (χ0v) is 14.3. The molecule has 0 radical (unpaired) electrons. The lowest BCUT2D eigenvalue weighted by molar-refractivity contribution is -0.145. The van der Waals surface area contributed by atoms with Gasteiger partial charge >= 0.3 is 5.97 Å². The van der Waals surface area contributed by atoms with E-state index in [9.17, 15) is 10.1 Å². The molecule has 0 heterocycles. The van der Waals surface area contributed by atoms with Crippen LogP contribution in [0.3, 0.4) is 0 Å². The van der Waals surface area contributed by atoms with Crippen LogP contribution in [0.1, 0.15) is 47.5 Å². The molecule has 0 spiro atoms. The van der Waals surface area contributed by atoms with Gasteiger partial charge in [-0.2, -0.15) is 15.5 Å². The van der Waals surface area contributed by atoms with Crippen molar-refractivity contribution < 1.29 is 14.3 Å². The van der Waals surface area contributed by atoms with Crippen LogP contribution >= 0.6 is 0 Å². The van der Waals surface area contributed by atoms with Gasteiger partial charge in [-0.1, -0.05) is 12.2 Å². The molecule has 0 aliphatic heterocycles. The Balaban J connectivity index is 4.13. The van der Waals surface area contributed by atoms with Gasteiger partial charge < -0.3 is 9.47 Å². The quantitative estimate of drug-likeness (QED) is 0.283. The lowest BCUT2D eigenvalue weighted by Crippen LogP contribution is -2.23. The summed E-state index contributed by atoms with van der Waals surface area (Å²) in [5.41, 5.74) is -0.442. The number of nitriles is 1. The molecule has 0 fully saturated rings. The fraction of sp³-hybridized carbons (Fsp3) is 0.750. The van der Waals surface area contributed by atoms with E-state index in [0.717, 1.165) is 5.57 Å². The zero-order chi connectivity index (χ0) is 17.2. The highest BCUT2D eigenvalue weighted by Gasteiger charge is 2.25. The van der Waals surface area contributed by atoms with Gasteiger partial charge in [0.15, 0.2) is 5.54 Å². The topological polar surface area (TPSA) is 84.0 Å². The van der Waals surface area contributed by atoms with Crippen LogP contribution in [0.25, 0.3) is 0 Å². The Labute approximate surface area is 133 Å². The van der Waals surface area contributed by atoms with E-state index in [-0.39, 0.29) is 31.0 Å². The summed E-state index contributed by atoms with van der Waals surface area (Å²) in [7, 11) is 0. The number of esters is 1. The van der Waals surface area contributed by atoms with Crippen molar-refractivity contribution in [2.24, 2.45) is 10.2 Å². The van der Waals surface area contributed by atoms with Gasteiger partial charge in [-0.25, -0.2) is 0 Å². The lowest BCUT2D eigenvalue weighted by Gasteiger charge is -2.17.